The second-order valence-electron chi connectivity index (χ2n) is 10.1. The quantitative estimate of drug-likeness (QED) is 0.117. The first-order chi connectivity index (χ1) is 20.6. The van der Waals surface area contributed by atoms with Gasteiger partial charge in [0.2, 0.25) is 11.8 Å². The lowest BCUT2D eigenvalue weighted by Crippen LogP contribution is -2.54. The Balaban J connectivity index is 2.03. The van der Waals surface area contributed by atoms with Crippen molar-refractivity contribution in [2.45, 2.75) is 63.5 Å². The van der Waals surface area contributed by atoms with E-state index in [2.05, 4.69) is 11.9 Å². The van der Waals surface area contributed by atoms with E-state index in [0.717, 1.165) is 12.8 Å². The van der Waals surface area contributed by atoms with E-state index in [4.69, 9.17) is 32.7 Å². The van der Waals surface area contributed by atoms with Crippen LogP contribution in [0.5, 0.6) is 11.5 Å². The first kappa shape index (κ1) is 35.1. The molecule has 1 aliphatic rings. The third-order valence-corrected chi connectivity index (χ3v) is 8.59. The number of unbranched alkanes of at least 4 members (excludes halogenated alkanes) is 2. The summed E-state index contributed by atoms with van der Waals surface area (Å²) in [4.78, 5) is 28.4. The number of ether oxygens (including phenoxy) is 2. The Morgan fingerprint density at radius 1 is 1.16 bits per heavy atom. The summed E-state index contributed by atoms with van der Waals surface area (Å²) >= 11 is 14.5. The number of rotatable bonds is 15. The van der Waals surface area contributed by atoms with Gasteiger partial charge in [0.15, 0.2) is 11.5 Å². The van der Waals surface area contributed by atoms with Crippen molar-refractivity contribution in [1.29, 1.82) is 0 Å². The van der Waals surface area contributed by atoms with Crippen molar-refractivity contribution in [1.82, 2.24) is 10.2 Å². The van der Waals surface area contributed by atoms with Gasteiger partial charge >= 0.3 is 0 Å². The summed E-state index contributed by atoms with van der Waals surface area (Å²) in [5.74, 6) is 0.0261. The molecule has 2 aromatic rings. The lowest BCUT2D eigenvalue weighted by atomic mass is 9.87. The number of carbonyl (C=O) groups is 2. The maximum Gasteiger partial charge on any atom is 0.247 e. The lowest BCUT2D eigenvalue weighted by molar-refractivity contribution is -0.139. The van der Waals surface area contributed by atoms with Crippen molar-refractivity contribution in [2.75, 3.05) is 20.3 Å². The number of nitrogens with one attached hydrogen (secondary N) is 1. The molecule has 0 aliphatic heterocycles. The van der Waals surface area contributed by atoms with E-state index >= 15 is 0 Å². The van der Waals surface area contributed by atoms with E-state index in [-0.39, 0.29) is 45.1 Å². The highest BCUT2D eigenvalue weighted by Crippen LogP contribution is 2.37. The summed E-state index contributed by atoms with van der Waals surface area (Å²) in [5.41, 5.74) is 1.62. The molecule has 0 spiro atoms. The van der Waals surface area contributed by atoms with E-state index in [0.29, 0.717) is 48.2 Å². The van der Waals surface area contributed by atoms with Crippen LogP contribution in [-0.4, -0.2) is 70.5 Å². The highest BCUT2D eigenvalue weighted by molar-refractivity contribution is 14.1. The average molecular weight is 747 g/mol. The number of hydrogen-bond acceptors (Lipinski definition) is 7. The molecule has 234 valence electrons. The zero-order chi connectivity index (χ0) is 31.5. The van der Waals surface area contributed by atoms with Crippen LogP contribution in [0.25, 0.3) is 0 Å². The Bertz CT molecular complexity index is 1320. The normalized spacial score (nSPS) is 18.0. The number of nitrogens with zero attached hydrogens (tertiary/aromatic N) is 1. The summed E-state index contributed by atoms with van der Waals surface area (Å²) in [5, 5.41) is 34.0. The number of aliphatic hydroxyl groups is 3. The summed E-state index contributed by atoms with van der Waals surface area (Å²) in [6.45, 7) is 3.45. The molecular formula is C31H37Cl2IN2O7. The molecule has 3 atom stereocenters. The van der Waals surface area contributed by atoms with E-state index in [1.54, 1.807) is 41.3 Å². The van der Waals surface area contributed by atoms with Crippen molar-refractivity contribution < 1.29 is 34.4 Å². The molecule has 2 amide bonds. The predicted molar refractivity (Wildman–Crippen MR) is 174 cm³/mol. The van der Waals surface area contributed by atoms with Gasteiger partial charge in [0.1, 0.15) is 12.2 Å². The number of allylic oxidation sites excluding steroid dienone is 1. The highest BCUT2D eigenvalue weighted by Gasteiger charge is 2.41. The topological polar surface area (TPSA) is 129 Å². The zero-order valence-electron chi connectivity index (χ0n) is 23.9. The van der Waals surface area contributed by atoms with Gasteiger partial charge in [-0.05, 0) is 83.3 Å². The molecule has 4 N–H and O–H groups in total. The Labute approximate surface area is 275 Å². The molecule has 0 aromatic heterocycles. The number of aliphatic hydroxyl groups excluding tert-OH is 3. The fraction of sp³-hybridized carbons (Fsp3) is 0.419. The van der Waals surface area contributed by atoms with E-state index < -0.39 is 24.2 Å². The molecule has 2 aromatic carbocycles. The van der Waals surface area contributed by atoms with Gasteiger partial charge in [-0.15, -0.1) is 6.58 Å². The van der Waals surface area contributed by atoms with Crippen molar-refractivity contribution in [2.24, 2.45) is 0 Å². The first-order valence-corrected chi connectivity index (χ1v) is 15.7. The third-order valence-electron chi connectivity index (χ3n) is 7.05. The van der Waals surface area contributed by atoms with E-state index in [1.165, 1.54) is 13.2 Å². The monoisotopic (exact) mass is 746 g/mol. The molecule has 0 saturated carbocycles. The second-order valence-corrected chi connectivity index (χ2v) is 12.1. The van der Waals surface area contributed by atoms with Gasteiger partial charge in [0, 0.05) is 31.5 Å². The number of hydrogen-bond donors (Lipinski definition) is 4. The highest BCUT2D eigenvalue weighted by atomic mass is 127. The van der Waals surface area contributed by atoms with Crippen LogP contribution in [0.15, 0.2) is 54.6 Å². The molecule has 0 unspecified atom stereocenters. The van der Waals surface area contributed by atoms with Crippen LogP contribution in [0.3, 0.4) is 0 Å². The third kappa shape index (κ3) is 9.57. The molecule has 0 heterocycles. The molecule has 0 fully saturated rings. The Morgan fingerprint density at radius 2 is 1.93 bits per heavy atom. The van der Waals surface area contributed by atoms with Crippen molar-refractivity contribution >= 4 is 57.6 Å². The number of halogens is 3. The van der Waals surface area contributed by atoms with Crippen molar-refractivity contribution in [3.05, 3.63) is 79.4 Å². The lowest BCUT2D eigenvalue weighted by Gasteiger charge is -2.41. The molecule has 1 aliphatic carbocycles. The molecule has 0 radical (unpaired) electrons. The maximum atomic E-state index is 13.7. The van der Waals surface area contributed by atoms with Gasteiger partial charge in [0.05, 0.1) is 40.0 Å². The smallest absolute Gasteiger partial charge is 0.247 e. The summed E-state index contributed by atoms with van der Waals surface area (Å²) in [7, 11) is 1.47. The Kier molecular flexibility index (Phi) is 14.1. The molecule has 43 heavy (non-hydrogen) atoms. The number of methoxy groups -OCH3 is 1. The summed E-state index contributed by atoms with van der Waals surface area (Å²) in [6, 6.07) is 7.60. The minimum atomic E-state index is -1.23. The van der Waals surface area contributed by atoms with Crippen LogP contribution >= 0.6 is 45.8 Å². The van der Waals surface area contributed by atoms with Crippen molar-refractivity contribution in [3.63, 3.8) is 0 Å². The number of benzene rings is 2. The van der Waals surface area contributed by atoms with Gasteiger partial charge in [-0.1, -0.05) is 35.3 Å². The molecule has 9 nitrogen and oxygen atoms in total. The van der Waals surface area contributed by atoms with Crippen LogP contribution in [-0.2, 0) is 22.7 Å². The molecule has 12 heteroatoms. The Morgan fingerprint density at radius 3 is 2.58 bits per heavy atom. The molecule has 0 bridgehead atoms. The molecule has 3 rings (SSSR count). The van der Waals surface area contributed by atoms with Gasteiger partial charge in [-0.25, -0.2) is 0 Å². The summed E-state index contributed by atoms with van der Waals surface area (Å²) in [6.07, 6.45) is 3.53. The number of amides is 2. The van der Waals surface area contributed by atoms with E-state index in [9.17, 15) is 24.9 Å². The summed E-state index contributed by atoms with van der Waals surface area (Å²) < 4.78 is 12.4. The Hall–Kier alpha value is -2.35. The van der Waals surface area contributed by atoms with Crippen LogP contribution in [0, 0.1) is 3.57 Å². The molecular weight excluding hydrogens is 710 g/mol. The van der Waals surface area contributed by atoms with Crippen LogP contribution in [0.4, 0.5) is 0 Å². The minimum Gasteiger partial charge on any atom is -0.493 e. The van der Waals surface area contributed by atoms with Gasteiger partial charge in [-0.3, -0.25) is 9.59 Å². The van der Waals surface area contributed by atoms with Crippen LogP contribution in [0.2, 0.25) is 10.0 Å². The van der Waals surface area contributed by atoms with Crippen LogP contribution in [0.1, 0.15) is 43.2 Å². The van der Waals surface area contributed by atoms with Gasteiger partial charge < -0.3 is 35.0 Å². The molecule has 0 saturated heterocycles. The fourth-order valence-corrected chi connectivity index (χ4v) is 5.94. The average Bonchev–Trinajstić information content (AvgIpc) is 3.00. The van der Waals surface area contributed by atoms with Crippen molar-refractivity contribution in [3.8, 4) is 11.5 Å². The first-order valence-electron chi connectivity index (χ1n) is 13.9. The standard InChI is InChI=1S/C31H37Cl2IN2O7/c1-3-4-5-6-7-28(39)36(17-19-8-9-22(32)23(33)12-19)25-15-21(31(41)35-10-11-37)16-26(29(25)40)43-30-24(34)13-20(18-38)14-27(30)42-2/h3,8-9,12-14,16,25-26,29,37-38,40H,1,4-7,10-11,15,17-18H2,2H3,(H,35,41)/t25-,26+,29+/m1/s1. The van der Waals surface area contributed by atoms with Gasteiger partial charge in [0.25, 0.3) is 0 Å². The number of carbonyl (C=O) groups excluding carboxylic acids is 2. The van der Waals surface area contributed by atoms with Gasteiger partial charge in [-0.2, -0.15) is 0 Å². The fourth-order valence-electron chi connectivity index (χ4n) is 4.83. The largest absolute Gasteiger partial charge is 0.493 e. The minimum absolute atomic E-state index is 0.0402. The SMILES string of the molecule is C=CCCCCC(=O)N(Cc1ccc(Cl)c(Cl)c1)[C@@H]1CC(C(=O)NCCO)=C[C@H](Oc2c(I)cc(CO)cc2OC)[C@H]1O. The predicted octanol–water partition coefficient (Wildman–Crippen LogP) is 4.79. The second kappa shape index (κ2) is 17.2. The van der Waals surface area contributed by atoms with E-state index in [1.807, 2.05) is 22.6 Å². The van der Waals surface area contributed by atoms with Crippen LogP contribution < -0.4 is 14.8 Å². The zero-order valence-corrected chi connectivity index (χ0v) is 27.6. The maximum absolute atomic E-state index is 13.7.